The third-order valence-electron chi connectivity index (χ3n) is 3.76. The lowest BCUT2D eigenvalue weighted by Crippen LogP contribution is -2.59. The molecular formula is C10H19NOS. The van der Waals surface area contributed by atoms with Crippen LogP contribution in [0.4, 0.5) is 0 Å². The minimum Gasteiger partial charge on any atom is -0.374 e. The second-order valence-electron chi connectivity index (χ2n) is 4.71. The van der Waals surface area contributed by atoms with Crippen molar-refractivity contribution in [2.45, 2.75) is 37.8 Å². The fourth-order valence-corrected chi connectivity index (χ4v) is 3.91. The third-order valence-corrected chi connectivity index (χ3v) is 4.92. The van der Waals surface area contributed by atoms with Gasteiger partial charge in [-0.05, 0) is 44.1 Å². The Hall–Kier alpha value is 0.270. The molecule has 0 saturated carbocycles. The summed E-state index contributed by atoms with van der Waals surface area (Å²) in [6.45, 7) is 5.12. The number of thioether (sulfide) groups is 1. The van der Waals surface area contributed by atoms with E-state index in [0.717, 1.165) is 13.0 Å². The van der Waals surface area contributed by atoms with Crippen molar-refractivity contribution in [3.05, 3.63) is 0 Å². The molecule has 2 aliphatic rings. The molecule has 3 heteroatoms. The van der Waals surface area contributed by atoms with Crippen molar-refractivity contribution in [1.82, 2.24) is 0 Å². The molecule has 2 heterocycles. The maximum absolute atomic E-state index is 6.50. The van der Waals surface area contributed by atoms with Crippen molar-refractivity contribution < 1.29 is 4.74 Å². The first-order valence-corrected chi connectivity index (χ1v) is 6.22. The van der Waals surface area contributed by atoms with Gasteiger partial charge in [-0.2, -0.15) is 11.8 Å². The largest absolute Gasteiger partial charge is 0.374 e. The molecule has 0 radical (unpaired) electrons. The van der Waals surface area contributed by atoms with Crippen LogP contribution in [0.25, 0.3) is 0 Å². The Labute approximate surface area is 84.6 Å². The van der Waals surface area contributed by atoms with E-state index in [2.05, 4.69) is 13.8 Å². The molecule has 2 rings (SSSR count). The van der Waals surface area contributed by atoms with Gasteiger partial charge in [-0.15, -0.1) is 0 Å². The van der Waals surface area contributed by atoms with E-state index < -0.39 is 0 Å². The minimum atomic E-state index is -0.122. The molecule has 0 bridgehead atoms. The highest BCUT2D eigenvalue weighted by Crippen LogP contribution is 2.44. The fraction of sp³-hybridized carbons (Fsp3) is 1.00. The molecule has 13 heavy (non-hydrogen) atoms. The van der Waals surface area contributed by atoms with Crippen LogP contribution in [0.15, 0.2) is 0 Å². The molecule has 2 aliphatic heterocycles. The fourth-order valence-electron chi connectivity index (χ4n) is 2.55. The summed E-state index contributed by atoms with van der Waals surface area (Å²) >= 11 is 2.03. The smallest absolute Gasteiger partial charge is 0.0808 e. The Balaban J connectivity index is 2.17. The molecule has 0 aromatic carbocycles. The monoisotopic (exact) mass is 201 g/mol. The SMILES string of the molecule is CC1(C)OCCC1(N)C1CCSC1. The van der Waals surface area contributed by atoms with E-state index in [0.29, 0.717) is 5.92 Å². The van der Waals surface area contributed by atoms with Gasteiger partial charge in [0.15, 0.2) is 0 Å². The molecule has 0 aromatic heterocycles. The Morgan fingerprint density at radius 2 is 2.23 bits per heavy atom. The van der Waals surface area contributed by atoms with Gasteiger partial charge < -0.3 is 10.5 Å². The highest BCUT2D eigenvalue weighted by molar-refractivity contribution is 7.99. The molecule has 0 aliphatic carbocycles. The summed E-state index contributed by atoms with van der Waals surface area (Å²) in [6, 6.07) is 0. The summed E-state index contributed by atoms with van der Waals surface area (Å²) in [7, 11) is 0. The van der Waals surface area contributed by atoms with E-state index in [1.807, 2.05) is 11.8 Å². The molecule has 2 atom stereocenters. The lowest BCUT2D eigenvalue weighted by atomic mass is 9.72. The molecule has 2 unspecified atom stereocenters. The van der Waals surface area contributed by atoms with Gasteiger partial charge >= 0.3 is 0 Å². The van der Waals surface area contributed by atoms with Crippen molar-refractivity contribution in [2.24, 2.45) is 11.7 Å². The first-order valence-electron chi connectivity index (χ1n) is 5.07. The summed E-state index contributed by atoms with van der Waals surface area (Å²) in [6.07, 6.45) is 2.30. The average Bonchev–Trinajstić information content (AvgIpc) is 2.61. The van der Waals surface area contributed by atoms with Crippen LogP contribution in [-0.2, 0) is 4.74 Å². The summed E-state index contributed by atoms with van der Waals surface area (Å²) < 4.78 is 5.73. The maximum Gasteiger partial charge on any atom is 0.0808 e. The van der Waals surface area contributed by atoms with Gasteiger partial charge in [0.25, 0.3) is 0 Å². The van der Waals surface area contributed by atoms with Gasteiger partial charge in [-0.3, -0.25) is 0 Å². The third kappa shape index (κ3) is 1.41. The van der Waals surface area contributed by atoms with Crippen molar-refractivity contribution in [2.75, 3.05) is 18.1 Å². The zero-order valence-corrected chi connectivity index (χ0v) is 9.32. The van der Waals surface area contributed by atoms with Gasteiger partial charge in [0.05, 0.1) is 11.1 Å². The molecule has 2 saturated heterocycles. The van der Waals surface area contributed by atoms with E-state index in [1.165, 1.54) is 17.9 Å². The Kier molecular flexibility index (Phi) is 2.37. The molecule has 0 spiro atoms. The highest BCUT2D eigenvalue weighted by Gasteiger charge is 2.52. The Bertz CT molecular complexity index is 201. The van der Waals surface area contributed by atoms with Crippen LogP contribution < -0.4 is 5.73 Å². The average molecular weight is 201 g/mol. The van der Waals surface area contributed by atoms with Crippen LogP contribution >= 0.6 is 11.8 Å². The highest BCUT2D eigenvalue weighted by atomic mass is 32.2. The summed E-state index contributed by atoms with van der Waals surface area (Å²) in [5.41, 5.74) is 6.31. The van der Waals surface area contributed by atoms with Crippen LogP contribution in [0.5, 0.6) is 0 Å². The molecule has 0 amide bonds. The van der Waals surface area contributed by atoms with Gasteiger partial charge in [-0.25, -0.2) is 0 Å². The van der Waals surface area contributed by atoms with Crippen molar-refractivity contribution in [3.63, 3.8) is 0 Å². The number of rotatable bonds is 1. The molecule has 2 fully saturated rings. The first kappa shape index (κ1) is 9.81. The number of hydrogen-bond donors (Lipinski definition) is 1. The maximum atomic E-state index is 6.50. The normalized spacial score (nSPS) is 44.1. The standard InChI is InChI=1S/C10H19NOS/c1-9(2)10(11,4-5-12-9)8-3-6-13-7-8/h8H,3-7,11H2,1-2H3. The number of ether oxygens (including phenoxy) is 1. The van der Waals surface area contributed by atoms with E-state index in [9.17, 15) is 0 Å². The van der Waals surface area contributed by atoms with Gasteiger partial charge in [0.1, 0.15) is 0 Å². The van der Waals surface area contributed by atoms with Crippen LogP contribution in [0, 0.1) is 5.92 Å². The van der Waals surface area contributed by atoms with E-state index >= 15 is 0 Å². The summed E-state index contributed by atoms with van der Waals surface area (Å²) in [5.74, 6) is 3.16. The summed E-state index contributed by atoms with van der Waals surface area (Å²) in [5, 5.41) is 0. The lowest BCUT2D eigenvalue weighted by Gasteiger charge is -2.41. The quantitative estimate of drug-likeness (QED) is 0.700. The Morgan fingerprint density at radius 3 is 2.69 bits per heavy atom. The number of hydrogen-bond acceptors (Lipinski definition) is 3. The predicted molar refractivity (Wildman–Crippen MR) is 57.0 cm³/mol. The molecule has 2 nitrogen and oxygen atoms in total. The Morgan fingerprint density at radius 1 is 1.46 bits per heavy atom. The van der Waals surface area contributed by atoms with Crippen LogP contribution in [-0.4, -0.2) is 29.3 Å². The number of nitrogens with two attached hydrogens (primary N) is 1. The molecular weight excluding hydrogens is 182 g/mol. The van der Waals surface area contributed by atoms with Gasteiger partial charge in [0.2, 0.25) is 0 Å². The van der Waals surface area contributed by atoms with Crippen molar-refractivity contribution >= 4 is 11.8 Å². The van der Waals surface area contributed by atoms with Gasteiger partial charge in [0, 0.05) is 6.61 Å². The van der Waals surface area contributed by atoms with E-state index in [1.54, 1.807) is 0 Å². The zero-order chi connectivity index (χ0) is 9.53. The zero-order valence-electron chi connectivity index (χ0n) is 8.51. The summed E-state index contributed by atoms with van der Waals surface area (Å²) in [4.78, 5) is 0. The predicted octanol–water partition coefficient (Wildman–Crippen LogP) is 1.64. The lowest BCUT2D eigenvalue weighted by molar-refractivity contribution is -0.0143. The van der Waals surface area contributed by atoms with Crippen molar-refractivity contribution in [1.29, 1.82) is 0 Å². The van der Waals surface area contributed by atoms with Gasteiger partial charge in [-0.1, -0.05) is 0 Å². The van der Waals surface area contributed by atoms with Crippen molar-refractivity contribution in [3.8, 4) is 0 Å². The molecule has 76 valence electrons. The van der Waals surface area contributed by atoms with Crippen LogP contribution in [0.2, 0.25) is 0 Å². The minimum absolute atomic E-state index is 0.0729. The topological polar surface area (TPSA) is 35.2 Å². The second kappa shape index (κ2) is 3.14. The second-order valence-corrected chi connectivity index (χ2v) is 5.86. The van der Waals surface area contributed by atoms with E-state index in [-0.39, 0.29) is 11.1 Å². The molecule has 0 aromatic rings. The molecule has 2 N–H and O–H groups in total. The van der Waals surface area contributed by atoms with Crippen LogP contribution in [0.3, 0.4) is 0 Å². The first-order chi connectivity index (χ1) is 6.06. The van der Waals surface area contributed by atoms with Crippen LogP contribution in [0.1, 0.15) is 26.7 Å². The van der Waals surface area contributed by atoms with E-state index in [4.69, 9.17) is 10.5 Å².